The maximum absolute atomic E-state index is 5.43. The highest BCUT2D eigenvalue weighted by Crippen LogP contribution is 2.22. The number of fused-ring (bicyclic) bond motifs is 1. The van der Waals surface area contributed by atoms with E-state index in [9.17, 15) is 0 Å². The Morgan fingerprint density at radius 3 is 2.85 bits per heavy atom. The van der Waals surface area contributed by atoms with Gasteiger partial charge in [-0.25, -0.2) is 0 Å². The summed E-state index contributed by atoms with van der Waals surface area (Å²) in [5, 5.41) is 11.5. The Bertz CT molecular complexity index is 707. The number of rotatable bonds is 6. The summed E-state index contributed by atoms with van der Waals surface area (Å²) in [6, 6.07) is 8.91. The number of H-pyrrole nitrogens is 1. The maximum Gasteiger partial charge on any atom is 0.118 e. The molecule has 0 spiro atoms. The van der Waals surface area contributed by atoms with Crippen molar-refractivity contribution >= 4 is 0 Å². The second kappa shape index (κ2) is 8.20. The van der Waals surface area contributed by atoms with E-state index < -0.39 is 0 Å². The minimum absolute atomic E-state index is 0.561. The lowest BCUT2D eigenvalue weighted by atomic mass is 10.0. The Morgan fingerprint density at radius 1 is 1.27 bits per heavy atom. The molecule has 2 aromatic rings. The SMILES string of the molecule is COc1ccc(CN2CCc3c(CNC4CCOCC4)n[nH]c3C2)cc1. The fourth-order valence-electron chi connectivity index (χ4n) is 3.86. The summed E-state index contributed by atoms with van der Waals surface area (Å²) in [7, 11) is 1.70. The monoisotopic (exact) mass is 356 g/mol. The summed E-state index contributed by atoms with van der Waals surface area (Å²) >= 11 is 0. The number of nitrogens with one attached hydrogen (secondary N) is 2. The number of nitrogens with zero attached hydrogens (tertiary/aromatic N) is 2. The fraction of sp³-hybridized carbons (Fsp3) is 0.550. The fourth-order valence-corrected chi connectivity index (χ4v) is 3.86. The Balaban J connectivity index is 1.33. The zero-order chi connectivity index (χ0) is 17.8. The Labute approximate surface area is 154 Å². The van der Waals surface area contributed by atoms with Crippen molar-refractivity contribution in [3.8, 4) is 5.75 Å². The molecule has 2 aliphatic rings. The molecular weight excluding hydrogens is 328 g/mol. The Kier molecular flexibility index (Phi) is 5.53. The third-order valence-electron chi connectivity index (χ3n) is 5.44. The summed E-state index contributed by atoms with van der Waals surface area (Å²) in [5.41, 5.74) is 5.19. The van der Waals surface area contributed by atoms with Crippen LogP contribution >= 0.6 is 0 Å². The molecule has 1 fully saturated rings. The van der Waals surface area contributed by atoms with Crippen LogP contribution < -0.4 is 10.1 Å². The van der Waals surface area contributed by atoms with Crippen LogP contribution in [0.1, 0.15) is 35.4 Å². The summed E-state index contributed by atoms with van der Waals surface area (Å²) in [4.78, 5) is 2.47. The Hall–Kier alpha value is -1.89. The molecule has 0 atom stereocenters. The first kappa shape index (κ1) is 17.5. The van der Waals surface area contributed by atoms with Crippen molar-refractivity contribution in [2.45, 2.75) is 44.9 Å². The maximum atomic E-state index is 5.43. The number of benzene rings is 1. The van der Waals surface area contributed by atoms with Gasteiger partial charge in [-0.3, -0.25) is 10.00 Å². The highest BCUT2D eigenvalue weighted by atomic mass is 16.5. The Morgan fingerprint density at radius 2 is 2.08 bits per heavy atom. The molecule has 0 radical (unpaired) electrons. The normalized spacial score (nSPS) is 18.7. The molecule has 0 unspecified atom stereocenters. The number of aromatic amines is 1. The van der Waals surface area contributed by atoms with Gasteiger partial charge in [0.1, 0.15) is 5.75 Å². The van der Waals surface area contributed by atoms with Gasteiger partial charge in [-0.1, -0.05) is 12.1 Å². The predicted molar refractivity (Wildman–Crippen MR) is 100 cm³/mol. The molecule has 2 N–H and O–H groups in total. The van der Waals surface area contributed by atoms with Gasteiger partial charge in [0, 0.05) is 51.0 Å². The van der Waals surface area contributed by atoms with Crippen molar-refractivity contribution in [3.63, 3.8) is 0 Å². The lowest BCUT2D eigenvalue weighted by molar-refractivity contribution is 0.0775. The van der Waals surface area contributed by atoms with Gasteiger partial charge in [-0.2, -0.15) is 5.10 Å². The molecule has 140 valence electrons. The van der Waals surface area contributed by atoms with Crippen molar-refractivity contribution in [1.82, 2.24) is 20.4 Å². The summed E-state index contributed by atoms with van der Waals surface area (Å²) in [6.07, 6.45) is 3.26. The van der Waals surface area contributed by atoms with Gasteiger partial charge >= 0.3 is 0 Å². The third kappa shape index (κ3) is 4.09. The van der Waals surface area contributed by atoms with Crippen LogP contribution in [0.25, 0.3) is 0 Å². The minimum Gasteiger partial charge on any atom is -0.497 e. The lowest BCUT2D eigenvalue weighted by Crippen LogP contribution is -2.35. The van der Waals surface area contributed by atoms with Gasteiger partial charge in [-0.15, -0.1) is 0 Å². The highest BCUT2D eigenvalue weighted by molar-refractivity contribution is 5.29. The molecule has 26 heavy (non-hydrogen) atoms. The van der Waals surface area contributed by atoms with E-state index in [1.54, 1.807) is 7.11 Å². The van der Waals surface area contributed by atoms with Crippen molar-refractivity contribution in [2.75, 3.05) is 26.9 Å². The zero-order valence-electron chi connectivity index (χ0n) is 15.5. The molecule has 1 saturated heterocycles. The lowest BCUT2D eigenvalue weighted by Gasteiger charge is -2.27. The molecule has 0 bridgehead atoms. The number of ether oxygens (including phenoxy) is 2. The molecule has 1 aromatic heterocycles. The van der Waals surface area contributed by atoms with Crippen LogP contribution in [-0.4, -0.2) is 48.0 Å². The highest BCUT2D eigenvalue weighted by Gasteiger charge is 2.22. The zero-order valence-corrected chi connectivity index (χ0v) is 15.5. The molecule has 1 aromatic carbocycles. The first-order valence-electron chi connectivity index (χ1n) is 9.53. The quantitative estimate of drug-likeness (QED) is 0.831. The van der Waals surface area contributed by atoms with Crippen LogP contribution in [0.4, 0.5) is 0 Å². The average Bonchev–Trinajstić information content (AvgIpc) is 3.10. The van der Waals surface area contributed by atoms with E-state index in [1.807, 2.05) is 12.1 Å². The van der Waals surface area contributed by atoms with Crippen molar-refractivity contribution in [1.29, 1.82) is 0 Å². The molecule has 0 saturated carbocycles. The van der Waals surface area contributed by atoms with Gasteiger partial charge in [0.15, 0.2) is 0 Å². The molecule has 3 heterocycles. The molecule has 4 rings (SSSR count). The van der Waals surface area contributed by atoms with Gasteiger partial charge in [-0.05, 0) is 37.0 Å². The van der Waals surface area contributed by atoms with Crippen molar-refractivity contribution < 1.29 is 9.47 Å². The van der Waals surface area contributed by atoms with Crippen LogP contribution in [0, 0.1) is 0 Å². The molecule has 0 amide bonds. The second-order valence-electron chi connectivity index (χ2n) is 7.20. The van der Waals surface area contributed by atoms with Crippen LogP contribution in [0.2, 0.25) is 0 Å². The predicted octanol–water partition coefficient (Wildman–Crippen LogP) is 2.25. The average molecular weight is 356 g/mol. The topological polar surface area (TPSA) is 62.4 Å². The summed E-state index contributed by atoms with van der Waals surface area (Å²) in [6.45, 7) is 5.56. The van der Waals surface area contributed by atoms with E-state index >= 15 is 0 Å². The van der Waals surface area contributed by atoms with Crippen LogP contribution in [0.15, 0.2) is 24.3 Å². The largest absolute Gasteiger partial charge is 0.497 e. The summed E-state index contributed by atoms with van der Waals surface area (Å²) in [5.74, 6) is 0.907. The van der Waals surface area contributed by atoms with Gasteiger partial charge < -0.3 is 14.8 Å². The molecule has 2 aliphatic heterocycles. The number of aromatic nitrogens is 2. The van der Waals surface area contributed by atoms with Gasteiger partial charge in [0.25, 0.3) is 0 Å². The third-order valence-corrected chi connectivity index (χ3v) is 5.44. The van der Waals surface area contributed by atoms with Crippen LogP contribution in [0.5, 0.6) is 5.75 Å². The standard InChI is InChI=1S/C20H28N4O2/c1-25-17-4-2-15(3-5-17)13-24-9-6-18-19(22-23-20(18)14-24)12-21-16-7-10-26-11-8-16/h2-5,16,21H,6-14H2,1H3,(H,22,23). The molecule has 6 nitrogen and oxygen atoms in total. The molecule has 6 heteroatoms. The van der Waals surface area contributed by atoms with Crippen molar-refractivity contribution in [2.24, 2.45) is 0 Å². The van der Waals surface area contributed by atoms with Crippen LogP contribution in [0.3, 0.4) is 0 Å². The molecule has 0 aliphatic carbocycles. The van der Waals surface area contributed by atoms with Crippen molar-refractivity contribution in [3.05, 3.63) is 46.8 Å². The van der Waals surface area contributed by atoms with E-state index in [2.05, 4.69) is 32.5 Å². The van der Waals surface area contributed by atoms with E-state index in [4.69, 9.17) is 9.47 Å². The van der Waals surface area contributed by atoms with Gasteiger partial charge in [0.2, 0.25) is 0 Å². The first-order chi connectivity index (χ1) is 12.8. The van der Waals surface area contributed by atoms with E-state index in [0.29, 0.717) is 6.04 Å². The summed E-state index contributed by atoms with van der Waals surface area (Å²) < 4.78 is 10.7. The minimum atomic E-state index is 0.561. The second-order valence-corrected chi connectivity index (χ2v) is 7.20. The molecular formula is C20H28N4O2. The van der Waals surface area contributed by atoms with E-state index in [0.717, 1.165) is 64.4 Å². The number of hydrogen-bond acceptors (Lipinski definition) is 5. The number of methoxy groups -OCH3 is 1. The van der Waals surface area contributed by atoms with E-state index in [-0.39, 0.29) is 0 Å². The van der Waals surface area contributed by atoms with Gasteiger partial charge in [0.05, 0.1) is 18.5 Å². The van der Waals surface area contributed by atoms with Crippen LogP contribution in [-0.2, 0) is 30.8 Å². The first-order valence-corrected chi connectivity index (χ1v) is 9.53. The smallest absolute Gasteiger partial charge is 0.118 e. The van der Waals surface area contributed by atoms with E-state index in [1.165, 1.54) is 22.5 Å². The number of hydrogen-bond donors (Lipinski definition) is 2.